The second-order valence-electron chi connectivity index (χ2n) is 10.7. The van der Waals surface area contributed by atoms with Gasteiger partial charge < -0.3 is 19.9 Å². The summed E-state index contributed by atoms with van der Waals surface area (Å²) in [4.78, 5) is 16.9. The summed E-state index contributed by atoms with van der Waals surface area (Å²) in [5, 5.41) is 5.28. The SMILES string of the molecule is CN1CCCC1(C)COc1nc2c(c(N3CCNCC3)n1)CCN(c1cccc3ccc(F)c(Cl)c13)C2. The molecule has 3 aliphatic rings. The van der Waals surface area contributed by atoms with Crippen molar-refractivity contribution >= 4 is 33.9 Å². The highest BCUT2D eigenvalue weighted by atomic mass is 35.5. The van der Waals surface area contributed by atoms with Gasteiger partial charge in [0.1, 0.15) is 18.2 Å². The minimum atomic E-state index is -0.400. The van der Waals surface area contributed by atoms with Crippen molar-refractivity contribution in [3.63, 3.8) is 0 Å². The molecule has 1 N–H and O–H groups in total. The van der Waals surface area contributed by atoms with Gasteiger partial charge in [-0.2, -0.15) is 9.97 Å². The summed E-state index contributed by atoms with van der Waals surface area (Å²) in [5.41, 5.74) is 3.08. The van der Waals surface area contributed by atoms with Crippen LogP contribution in [0, 0.1) is 5.82 Å². The molecule has 0 bridgehead atoms. The van der Waals surface area contributed by atoms with Crippen molar-refractivity contribution in [2.24, 2.45) is 0 Å². The Balaban J connectivity index is 1.35. The molecule has 2 aromatic carbocycles. The van der Waals surface area contributed by atoms with Crippen molar-refractivity contribution in [3.05, 3.63) is 52.4 Å². The van der Waals surface area contributed by atoms with Crippen LogP contribution in [0.5, 0.6) is 6.01 Å². The van der Waals surface area contributed by atoms with Crippen LogP contribution in [0.2, 0.25) is 5.02 Å². The molecule has 1 aromatic heterocycles. The number of anilines is 2. The fourth-order valence-electron chi connectivity index (χ4n) is 5.91. The highest BCUT2D eigenvalue weighted by molar-refractivity contribution is 6.36. The Kier molecular flexibility index (Phi) is 6.59. The van der Waals surface area contributed by atoms with Gasteiger partial charge in [-0.1, -0.05) is 29.8 Å². The van der Waals surface area contributed by atoms with Crippen LogP contribution >= 0.6 is 11.6 Å². The third-order valence-electron chi connectivity index (χ3n) is 8.34. The summed E-state index contributed by atoms with van der Waals surface area (Å²) < 4.78 is 20.7. The number of likely N-dealkylation sites (tertiary alicyclic amines) is 1. The van der Waals surface area contributed by atoms with E-state index < -0.39 is 5.82 Å². The molecule has 196 valence electrons. The van der Waals surface area contributed by atoms with Gasteiger partial charge in [0.15, 0.2) is 0 Å². The lowest BCUT2D eigenvalue weighted by atomic mass is 10.0. The predicted molar refractivity (Wildman–Crippen MR) is 147 cm³/mol. The Bertz CT molecular complexity index is 1320. The minimum Gasteiger partial charge on any atom is -0.461 e. The largest absolute Gasteiger partial charge is 0.461 e. The average Bonchev–Trinajstić information content (AvgIpc) is 3.26. The number of ether oxygens (including phenoxy) is 1. The molecule has 1 unspecified atom stereocenters. The predicted octanol–water partition coefficient (Wildman–Crippen LogP) is 4.26. The first kappa shape index (κ1) is 24.6. The number of hydrogen-bond acceptors (Lipinski definition) is 7. The number of aromatic nitrogens is 2. The van der Waals surface area contributed by atoms with Gasteiger partial charge in [-0.15, -0.1) is 0 Å². The third-order valence-corrected chi connectivity index (χ3v) is 8.71. The molecular formula is C28H34ClFN6O. The molecule has 37 heavy (non-hydrogen) atoms. The van der Waals surface area contributed by atoms with Crippen LogP contribution < -0.4 is 19.9 Å². The molecule has 4 heterocycles. The zero-order valence-corrected chi connectivity index (χ0v) is 22.3. The Morgan fingerprint density at radius 2 is 1.92 bits per heavy atom. The topological polar surface area (TPSA) is 56.8 Å². The molecule has 2 saturated heterocycles. The van der Waals surface area contributed by atoms with Crippen molar-refractivity contribution < 1.29 is 9.13 Å². The molecule has 7 nitrogen and oxygen atoms in total. The van der Waals surface area contributed by atoms with E-state index in [1.54, 1.807) is 6.07 Å². The van der Waals surface area contributed by atoms with Gasteiger partial charge in [0.05, 0.1) is 22.8 Å². The molecular weight excluding hydrogens is 491 g/mol. The van der Waals surface area contributed by atoms with Crippen LogP contribution in [-0.4, -0.2) is 73.3 Å². The highest BCUT2D eigenvalue weighted by Gasteiger charge is 2.35. The second kappa shape index (κ2) is 9.89. The molecule has 0 saturated carbocycles. The summed E-state index contributed by atoms with van der Waals surface area (Å²) in [6.07, 6.45) is 3.08. The first-order valence-corrected chi connectivity index (χ1v) is 13.6. The number of benzene rings is 2. The van der Waals surface area contributed by atoms with Crippen LogP contribution in [0.4, 0.5) is 15.9 Å². The van der Waals surface area contributed by atoms with E-state index in [0.717, 1.165) is 80.1 Å². The first-order valence-electron chi connectivity index (χ1n) is 13.2. The lowest BCUT2D eigenvalue weighted by Gasteiger charge is -2.36. The van der Waals surface area contributed by atoms with E-state index in [4.69, 9.17) is 26.3 Å². The van der Waals surface area contributed by atoms with Gasteiger partial charge in [0, 0.05) is 49.4 Å². The molecule has 2 fully saturated rings. The van der Waals surface area contributed by atoms with Crippen molar-refractivity contribution in [1.29, 1.82) is 0 Å². The normalized spacial score (nSPS) is 22.5. The Morgan fingerprint density at radius 3 is 2.70 bits per heavy atom. The van der Waals surface area contributed by atoms with Gasteiger partial charge in [-0.25, -0.2) is 4.39 Å². The lowest BCUT2D eigenvalue weighted by molar-refractivity contribution is 0.107. The Hall–Kier alpha value is -2.68. The van der Waals surface area contributed by atoms with Crippen LogP contribution in [0.15, 0.2) is 30.3 Å². The maximum atomic E-state index is 14.4. The zero-order valence-electron chi connectivity index (χ0n) is 21.6. The van der Waals surface area contributed by atoms with E-state index in [0.29, 0.717) is 19.2 Å². The van der Waals surface area contributed by atoms with Crippen molar-refractivity contribution in [2.45, 2.75) is 38.3 Å². The number of nitrogens with one attached hydrogen (secondary N) is 1. The number of likely N-dealkylation sites (N-methyl/N-ethyl adjacent to an activating group) is 1. The smallest absolute Gasteiger partial charge is 0.318 e. The van der Waals surface area contributed by atoms with Gasteiger partial charge in [-0.05, 0) is 57.3 Å². The highest BCUT2D eigenvalue weighted by Crippen LogP contribution is 2.38. The molecule has 0 amide bonds. The molecule has 3 aromatic rings. The number of hydrogen-bond donors (Lipinski definition) is 1. The van der Waals surface area contributed by atoms with Gasteiger partial charge >= 0.3 is 6.01 Å². The molecule has 0 radical (unpaired) electrons. The monoisotopic (exact) mass is 524 g/mol. The summed E-state index contributed by atoms with van der Waals surface area (Å²) in [5.74, 6) is 0.594. The van der Waals surface area contributed by atoms with Crippen molar-refractivity contribution in [2.75, 3.05) is 62.7 Å². The molecule has 0 aliphatic carbocycles. The first-order chi connectivity index (χ1) is 17.9. The summed E-state index contributed by atoms with van der Waals surface area (Å²) in [7, 11) is 2.16. The number of rotatable bonds is 5. The summed E-state index contributed by atoms with van der Waals surface area (Å²) in [6, 6.07) is 9.65. The number of piperazine rings is 1. The van der Waals surface area contributed by atoms with E-state index >= 15 is 0 Å². The maximum Gasteiger partial charge on any atom is 0.318 e. The van der Waals surface area contributed by atoms with Crippen molar-refractivity contribution in [3.8, 4) is 6.01 Å². The quantitative estimate of drug-likeness (QED) is 0.535. The van der Waals surface area contributed by atoms with Crippen LogP contribution in [0.25, 0.3) is 10.8 Å². The van der Waals surface area contributed by atoms with Crippen LogP contribution in [0.3, 0.4) is 0 Å². The molecule has 0 spiro atoms. The Morgan fingerprint density at radius 1 is 1.08 bits per heavy atom. The molecule has 1 atom stereocenters. The second-order valence-corrected chi connectivity index (χ2v) is 11.1. The van der Waals surface area contributed by atoms with E-state index in [2.05, 4.69) is 34.0 Å². The van der Waals surface area contributed by atoms with Gasteiger partial charge in [0.25, 0.3) is 0 Å². The van der Waals surface area contributed by atoms with Crippen LogP contribution in [0.1, 0.15) is 31.0 Å². The maximum absolute atomic E-state index is 14.4. The molecule has 3 aliphatic heterocycles. The minimum absolute atomic E-state index is 0.00964. The number of nitrogens with zero attached hydrogens (tertiary/aromatic N) is 5. The van der Waals surface area contributed by atoms with Gasteiger partial charge in [0.2, 0.25) is 0 Å². The third kappa shape index (κ3) is 4.60. The van der Waals surface area contributed by atoms with E-state index in [1.807, 2.05) is 18.2 Å². The average molecular weight is 525 g/mol. The fourth-order valence-corrected chi connectivity index (χ4v) is 6.18. The standard InChI is InChI=1S/C28H34ClFN6O/c1-28(10-4-13-34(28)2)18-37-27-32-22-17-36(14-9-20(22)26(33-27)35-15-11-31-12-16-35)23-6-3-5-19-7-8-21(30)25(29)24(19)23/h3,5-8,31H,4,9-18H2,1-2H3. The fraction of sp³-hybridized carbons (Fsp3) is 0.500. The lowest BCUT2D eigenvalue weighted by Crippen LogP contribution is -2.45. The Labute approximate surface area is 222 Å². The summed E-state index contributed by atoms with van der Waals surface area (Å²) >= 11 is 6.47. The van der Waals surface area contributed by atoms with Crippen LogP contribution in [-0.2, 0) is 13.0 Å². The zero-order chi connectivity index (χ0) is 25.6. The van der Waals surface area contributed by atoms with E-state index in [9.17, 15) is 4.39 Å². The van der Waals surface area contributed by atoms with Crippen molar-refractivity contribution in [1.82, 2.24) is 20.2 Å². The van der Waals surface area contributed by atoms with E-state index in [1.165, 1.54) is 18.1 Å². The molecule has 6 rings (SSSR count). The van der Waals surface area contributed by atoms with E-state index in [-0.39, 0.29) is 10.6 Å². The number of fused-ring (bicyclic) bond motifs is 2. The summed E-state index contributed by atoms with van der Waals surface area (Å²) in [6.45, 7) is 8.96. The molecule has 9 heteroatoms. The van der Waals surface area contributed by atoms with Gasteiger partial charge in [-0.3, -0.25) is 4.90 Å². The number of halogens is 2.